The zero-order valence-corrected chi connectivity index (χ0v) is 10.2. The van der Waals surface area contributed by atoms with Gasteiger partial charge in [-0.1, -0.05) is 13.8 Å². The van der Waals surface area contributed by atoms with Crippen molar-refractivity contribution in [3.8, 4) is 0 Å². The topological polar surface area (TPSA) is 44.8 Å². The van der Waals surface area contributed by atoms with Crippen molar-refractivity contribution in [1.29, 1.82) is 0 Å². The summed E-state index contributed by atoms with van der Waals surface area (Å²) >= 11 is 0. The highest BCUT2D eigenvalue weighted by molar-refractivity contribution is 5.71. The lowest BCUT2D eigenvalue weighted by molar-refractivity contribution is -0.147. The predicted octanol–water partition coefficient (Wildman–Crippen LogP) is 1.77. The molecule has 1 aliphatic rings. The van der Waals surface area contributed by atoms with Crippen LogP contribution in [0.2, 0.25) is 0 Å². The highest BCUT2D eigenvalue weighted by atomic mass is 16.5. The van der Waals surface area contributed by atoms with Gasteiger partial charge in [0.25, 0.3) is 0 Å². The molecule has 16 heavy (non-hydrogen) atoms. The predicted molar refractivity (Wildman–Crippen MR) is 60.2 cm³/mol. The van der Waals surface area contributed by atoms with E-state index < -0.39 is 0 Å². The number of hydrogen-bond acceptors (Lipinski definition) is 4. The highest BCUT2D eigenvalue weighted by Gasteiger charge is 2.15. The molecular weight excluding hydrogens is 208 g/mol. The van der Waals surface area contributed by atoms with E-state index in [1.54, 1.807) is 0 Å². The second kappa shape index (κ2) is 7.63. The lowest BCUT2D eigenvalue weighted by Crippen LogP contribution is -2.16. The average Bonchev–Trinajstić information content (AvgIpc) is 2.75. The second-order valence-electron chi connectivity index (χ2n) is 4.39. The second-order valence-corrected chi connectivity index (χ2v) is 4.39. The molecule has 0 radical (unpaired) electrons. The van der Waals surface area contributed by atoms with Crippen LogP contribution in [-0.4, -0.2) is 38.5 Å². The van der Waals surface area contributed by atoms with Crippen LogP contribution in [0.4, 0.5) is 0 Å². The van der Waals surface area contributed by atoms with Crippen LogP contribution in [0.3, 0.4) is 0 Å². The Balaban J connectivity index is 1.86. The van der Waals surface area contributed by atoms with Gasteiger partial charge in [-0.15, -0.1) is 0 Å². The van der Waals surface area contributed by atoms with Crippen LogP contribution in [0.5, 0.6) is 0 Å². The molecule has 4 nitrogen and oxygen atoms in total. The molecule has 0 aromatic rings. The summed E-state index contributed by atoms with van der Waals surface area (Å²) in [6, 6.07) is 0. The molecule has 94 valence electrons. The Hall–Kier alpha value is -0.610. The first-order valence-electron chi connectivity index (χ1n) is 6.06. The van der Waals surface area contributed by atoms with Crippen LogP contribution in [0.1, 0.15) is 33.1 Å². The highest BCUT2D eigenvalue weighted by Crippen LogP contribution is 2.11. The molecule has 1 rings (SSSR count). The van der Waals surface area contributed by atoms with Gasteiger partial charge in [0, 0.05) is 19.6 Å². The van der Waals surface area contributed by atoms with Crippen molar-refractivity contribution in [2.45, 2.75) is 39.2 Å². The molecule has 1 unspecified atom stereocenters. The van der Waals surface area contributed by atoms with Gasteiger partial charge in [0.15, 0.2) is 0 Å². The molecule has 0 N–H and O–H groups in total. The van der Waals surface area contributed by atoms with E-state index in [0.717, 1.165) is 25.9 Å². The quantitative estimate of drug-likeness (QED) is 0.494. The first-order valence-corrected chi connectivity index (χ1v) is 6.06. The van der Waals surface area contributed by atoms with Crippen LogP contribution in [-0.2, 0) is 19.0 Å². The Morgan fingerprint density at radius 1 is 1.44 bits per heavy atom. The molecule has 1 saturated heterocycles. The van der Waals surface area contributed by atoms with Crippen molar-refractivity contribution in [1.82, 2.24) is 0 Å². The lowest BCUT2D eigenvalue weighted by atomic mass is 10.2. The monoisotopic (exact) mass is 230 g/mol. The molecule has 4 heteroatoms. The zero-order valence-electron chi connectivity index (χ0n) is 10.2. The average molecular weight is 230 g/mol. The Morgan fingerprint density at radius 2 is 2.25 bits per heavy atom. The van der Waals surface area contributed by atoms with E-state index in [0.29, 0.717) is 19.8 Å². The zero-order chi connectivity index (χ0) is 11.8. The van der Waals surface area contributed by atoms with Crippen molar-refractivity contribution in [2.24, 2.45) is 5.92 Å². The summed E-state index contributed by atoms with van der Waals surface area (Å²) in [6.45, 7) is 6.26. The maximum absolute atomic E-state index is 11.1. The summed E-state index contributed by atoms with van der Waals surface area (Å²) in [4.78, 5) is 11.1. The SMILES string of the molecule is CC(C)C(=O)OCCCOCC1CCCO1. The molecule has 0 aromatic heterocycles. The molecular formula is C12H22O4. The molecule has 1 aliphatic heterocycles. The number of carbonyl (C=O) groups excluding carboxylic acids is 1. The van der Waals surface area contributed by atoms with E-state index in [9.17, 15) is 4.79 Å². The summed E-state index contributed by atoms with van der Waals surface area (Å²) < 4.78 is 15.9. The van der Waals surface area contributed by atoms with Gasteiger partial charge >= 0.3 is 5.97 Å². The first kappa shape index (κ1) is 13.5. The van der Waals surface area contributed by atoms with Crippen molar-refractivity contribution in [3.05, 3.63) is 0 Å². The van der Waals surface area contributed by atoms with Crippen LogP contribution < -0.4 is 0 Å². The van der Waals surface area contributed by atoms with Crippen LogP contribution in [0, 0.1) is 5.92 Å². The third-order valence-electron chi connectivity index (χ3n) is 2.48. The summed E-state index contributed by atoms with van der Waals surface area (Å²) in [7, 11) is 0. The Bertz CT molecular complexity index is 197. The third kappa shape index (κ3) is 5.47. The van der Waals surface area contributed by atoms with E-state index >= 15 is 0 Å². The number of esters is 1. The number of carbonyl (C=O) groups is 1. The van der Waals surface area contributed by atoms with Gasteiger partial charge in [0.1, 0.15) is 0 Å². The normalized spacial score (nSPS) is 20.3. The van der Waals surface area contributed by atoms with Gasteiger partial charge in [-0.05, 0) is 12.8 Å². The molecule has 0 amide bonds. The van der Waals surface area contributed by atoms with Gasteiger partial charge in [-0.2, -0.15) is 0 Å². The number of rotatable bonds is 7. The Labute approximate surface area is 97.2 Å². The lowest BCUT2D eigenvalue weighted by Gasteiger charge is -2.10. The largest absolute Gasteiger partial charge is 0.465 e. The summed E-state index contributed by atoms with van der Waals surface area (Å²) in [5.41, 5.74) is 0. The first-order chi connectivity index (χ1) is 7.70. The van der Waals surface area contributed by atoms with Gasteiger partial charge in [-0.25, -0.2) is 0 Å². The summed E-state index contributed by atoms with van der Waals surface area (Å²) in [5, 5.41) is 0. The third-order valence-corrected chi connectivity index (χ3v) is 2.48. The molecule has 0 saturated carbocycles. The molecule has 0 aromatic carbocycles. The molecule has 1 atom stereocenters. The molecule has 1 heterocycles. The van der Waals surface area contributed by atoms with Crippen molar-refractivity contribution in [2.75, 3.05) is 26.4 Å². The molecule has 0 spiro atoms. The fraction of sp³-hybridized carbons (Fsp3) is 0.917. The molecule has 1 fully saturated rings. The minimum atomic E-state index is -0.140. The van der Waals surface area contributed by atoms with Crippen LogP contribution in [0.15, 0.2) is 0 Å². The summed E-state index contributed by atoms with van der Waals surface area (Å²) in [6.07, 6.45) is 3.27. The standard InChI is InChI=1S/C12H22O4/c1-10(2)12(13)16-8-4-6-14-9-11-5-3-7-15-11/h10-11H,3-9H2,1-2H3. The number of hydrogen-bond donors (Lipinski definition) is 0. The smallest absolute Gasteiger partial charge is 0.308 e. The van der Waals surface area contributed by atoms with E-state index in [1.165, 1.54) is 0 Å². The fourth-order valence-corrected chi connectivity index (χ4v) is 1.49. The van der Waals surface area contributed by atoms with E-state index in [1.807, 2.05) is 13.8 Å². The maximum Gasteiger partial charge on any atom is 0.308 e. The van der Waals surface area contributed by atoms with Crippen molar-refractivity contribution >= 4 is 5.97 Å². The Kier molecular flexibility index (Phi) is 6.42. The van der Waals surface area contributed by atoms with E-state index in [-0.39, 0.29) is 18.0 Å². The molecule has 0 bridgehead atoms. The van der Waals surface area contributed by atoms with Gasteiger partial charge in [0.05, 0.1) is 25.2 Å². The van der Waals surface area contributed by atoms with Crippen LogP contribution >= 0.6 is 0 Å². The Morgan fingerprint density at radius 3 is 2.88 bits per heavy atom. The summed E-state index contributed by atoms with van der Waals surface area (Å²) in [5.74, 6) is -0.188. The van der Waals surface area contributed by atoms with Gasteiger partial charge in [-0.3, -0.25) is 4.79 Å². The maximum atomic E-state index is 11.1. The van der Waals surface area contributed by atoms with Crippen molar-refractivity contribution < 1.29 is 19.0 Å². The molecule has 0 aliphatic carbocycles. The van der Waals surface area contributed by atoms with Crippen LogP contribution in [0.25, 0.3) is 0 Å². The number of ether oxygens (including phenoxy) is 3. The van der Waals surface area contributed by atoms with Crippen molar-refractivity contribution in [3.63, 3.8) is 0 Å². The van der Waals surface area contributed by atoms with E-state index in [4.69, 9.17) is 14.2 Å². The minimum Gasteiger partial charge on any atom is -0.465 e. The minimum absolute atomic E-state index is 0.0483. The fourth-order valence-electron chi connectivity index (χ4n) is 1.49. The van der Waals surface area contributed by atoms with Gasteiger partial charge in [0.2, 0.25) is 0 Å². The van der Waals surface area contributed by atoms with E-state index in [2.05, 4.69) is 0 Å². The van der Waals surface area contributed by atoms with Gasteiger partial charge < -0.3 is 14.2 Å².